The van der Waals surface area contributed by atoms with Crippen LogP contribution in [0.4, 0.5) is 0 Å². The lowest BCUT2D eigenvalue weighted by molar-refractivity contribution is 0.0950. The molecule has 0 bridgehead atoms. The highest BCUT2D eigenvalue weighted by Crippen LogP contribution is 2.19. The highest BCUT2D eigenvalue weighted by atomic mass is 127. The molecular formula is C10H8ClIN4O. The van der Waals surface area contributed by atoms with E-state index in [1.54, 1.807) is 18.2 Å². The molecule has 1 aromatic heterocycles. The summed E-state index contributed by atoms with van der Waals surface area (Å²) < 4.78 is 0.913. The molecule has 5 nitrogen and oxygen atoms in total. The summed E-state index contributed by atoms with van der Waals surface area (Å²) in [5.74, 6) is 0.412. The Balaban J connectivity index is 2.02. The number of benzene rings is 1. The van der Waals surface area contributed by atoms with Crippen molar-refractivity contribution in [1.82, 2.24) is 20.5 Å². The maximum atomic E-state index is 11.8. The van der Waals surface area contributed by atoms with Crippen LogP contribution in [0.5, 0.6) is 0 Å². The predicted molar refractivity (Wildman–Crippen MR) is 71.7 cm³/mol. The van der Waals surface area contributed by atoms with Crippen LogP contribution in [0, 0.1) is 3.57 Å². The van der Waals surface area contributed by atoms with Gasteiger partial charge in [0.25, 0.3) is 5.91 Å². The number of amides is 1. The molecule has 1 amide bonds. The van der Waals surface area contributed by atoms with Gasteiger partial charge in [0.2, 0.25) is 0 Å². The quantitative estimate of drug-likeness (QED) is 0.821. The Bertz CT molecular complexity index is 529. The van der Waals surface area contributed by atoms with Crippen LogP contribution in [0.15, 0.2) is 24.5 Å². The van der Waals surface area contributed by atoms with Crippen LogP contribution in [-0.2, 0) is 6.54 Å². The number of carbonyl (C=O) groups is 1. The number of hydrogen-bond acceptors (Lipinski definition) is 3. The van der Waals surface area contributed by atoms with Gasteiger partial charge in [-0.2, -0.15) is 5.10 Å². The van der Waals surface area contributed by atoms with E-state index in [2.05, 4.69) is 43.1 Å². The van der Waals surface area contributed by atoms with Gasteiger partial charge in [-0.05, 0) is 40.8 Å². The number of carbonyl (C=O) groups excluding carboxylic acids is 1. The number of halogens is 2. The molecule has 17 heavy (non-hydrogen) atoms. The Kier molecular flexibility index (Phi) is 3.95. The first-order valence-corrected chi connectivity index (χ1v) is 6.20. The third kappa shape index (κ3) is 3.16. The van der Waals surface area contributed by atoms with E-state index in [1.165, 1.54) is 6.33 Å². The maximum Gasteiger partial charge on any atom is 0.251 e. The van der Waals surface area contributed by atoms with Gasteiger partial charge >= 0.3 is 0 Å². The highest BCUT2D eigenvalue weighted by molar-refractivity contribution is 14.1. The molecule has 0 aliphatic heterocycles. The van der Waals surface area contributed by atoms with Gasteiger partial charge in [0.15, 0.2) is 0 Å². The standard InChI is InChI=1S/C10H8ClIN4O/c11-7-3-6(1-2-8(7)12)10(17)13-4-9-14-5-15-16-9/h1-3,5H,4H2,(H,13,17)(H,14,15,16). The molecule has 0 saturated heterocycles. The van der Waals surface area contributed by atoms with Crippen LogP contribution in [0.25, 0.3) is 0 Å². The van der Waals surface area contributed by atoms with Gasteiger partial charge in [0, 0.05) is 9.13 Å². The molecule has 0 fully saturated rings. The molecule has 1 aromatic carbocycles. The van der Waals surface area contributed by atoms with Crippen molar-refractivity contribution in [2.24, 2.45) is 0 Å². The van der Waals surface area contributed by atoms with Gasteiger partial charge in [-0.15, -0.1) is 0 Å². The van der Waals surface area contributed by atoms with Crippen LogP contribution in [0.3, 0.4) is 0 Å². The largest absolute Gasteiger partial charge is 0.345 e. The molecule has 0 spiro atoms. The van der Waals surface area contributed by atoms with E-state index < -0.39 is 0 Å². The molecule has 0 aliphatic carbocycles. The molecule has 2 N–H and O–H groups in total. The van der Waals surface area contributed by atoms with Gasteiger partial charge in [0.1, 0.15) is 12.2 Å². The lowest BCUT2D eigenvalue weighted by Gasteiger charge is -2.04. The molecular weight excluding hydrogens is 354 g/mol. The van der Waals surface area contributed by atoms with E-state index in [1.807, 2.05) is 0 Å². The summed E-state index contributed by atoms with van der Waals surface area (Å²) in [4.78, 5) is 15.7. The van der Waals surface area contributed by atoms with E-state index in [-0.39, 0.29) is 5.91 Å². The first kappa shape index (κ1) is 12.3. The Morgan fingerprint density at radius 1 is 1.53 bits per heavy atom. The Hall–Kier alpha value is -1.15. The van der Waals surface area contributed by atoms with Crippen LogP contribution in [-0.4, -0.2) is 21.1 Å². The van der Waals surface area contributed by atoms with Crippen molar-refractivity contribution in [3.63, 3.8) is 0 Å². The summed E-state index contributed by atoms with van der Waals surface area (Å²) in [6.07, 6.45) is 1.39. The fourth-order valence-corrected chi connectivity index (χ4v) is 1.74. The molecule has 0 radical (unpaired) electrons. The second kappa shape index (κ2) is 5.46. The van der Waals surface area contributed by atoms with Crippen LogP contribution in [0.1, 0.15) is 16.2 Å². The third-order valence-electron chi connectivity index (χ3n) is 2.06. The summed E-state index contributed by atoms with van der Waals surface area (Å²) in [6.45, 7) is 0.308. The summed E-state index contributed by atoms with van der Waals surface area (Å²) in [5.41, 5.74) is 0.523. The number of hydrogen-bond donors (Lipinski definition) is 2. The molecule has 0 saturated carbocycles. The molecule has 1 heterocycles. The van der Waals surface area contributed by atoms with Crippen molar-refractivity contribution in [2.45, 2.75) is 6.54 Å². The van der Waals surface area contributed by atoms with Crippen LogP contribution >= 0.6 is 34.2 Å². The zero-order valence-corrected chi connectivity index (χ0v) is 11.5. The van der Waals surface area contributed by atoms with E-state index in [0.29, 0.717) is 23.0 Å². The number of aromatic nitrogens is 3. The number of rotatable bonds is 3. The molecule has 2 rings (SSSR count). The Morgan fingerprint density at radius 3 is 3.00 bits per heavy atom. The molecule has 2 aromatic rings. The molecule has 88 valence electrons. The van der Waals surface area contributed by atoms with Crippen LogP contribution < -0.4 is 5.32 Å². The smallest absolute Gasteiger partial charge is 0.251 e. The number of nitrogens with one attached hydrogen (secondary N) is 2. The topological polar surface area (TPSA) is 70.7 Å². The van der Waals surface area contributed by atoms with E-state index in [0.717, 1.165) is 3.57 Å². The molecule has 0 unspecified atom stereocenters. The lowest BCUT2D eigenvalue weighted by Crippen LogP contribution is -2.23. The van der Waals surface area contributed by atoms with Crippen molar-refractivity contribution in [3.05, 3.63) is 44.5 Å². The predicted octanol–water partition coefficient (Wildman–Crippen LogP) is 1.99. The molecule has 0 atom stereocenters. The van der Waals surface area contributed by atoms with Crippen LogP contribution in [0.2, 0.25) is 5.02 Å². The average molecular weight is 363 g/mol. The fourth-order valence-electron chi connectivity index (χ4n) is 1.22. The third-order valence-corrected chi connectivity index (χ3v) is 3.64. The number of aromatic amines is 1. The Morgan fingerprint density at radius 2 is 2.35 bits per heavy atom. The van der Waals surface area contributed by atoms with Crippen molar-refractivity contribution in [1.29, 1.82) is 0 Å². The SMILES string of the molecule is O=C(NCc1ncn[nH]1)c1ccc(I)c(Cl)c1. The van der Waals surface area contributed by atoms with E-state index >= 15 is 0 Å². The Labute approximate surface area is 116 Å². The normalized spacial score (nSPS) is 10.2. The average Bonchev–Trinajstić information content (AvgIpc) is 2.82. The highest BCUT2D eigenvalue weighted by Gasteiger charge is 2.08. The first-order chi connectivity index (χ1) is 8.16. The van der Waals surface area contributed by atoms with Gasteiger partial charge in [-0.25, -0.2) is 4.98 Å². The number of nitrogens with zero attached hydrogens (tertiary/aromatic N) is 2. The van der Waals surface area contributed by atoms with Gasteiger partial charge < -0.3 is 5.32 Å². The number of H-pyrrole nitrogens is 1. The second-order valence-electron chi connectivity index (χ2n) is 3.24. The zero-order chi connectivity index (χ0) is 12.3. The monoisotopic (exact) mass is 362 g/mol. The van der Waals surface area contributed by atoms with Crippen molar-refractivity contribution in [2.75, 3.05) is 0 Å². The minimum atomic E-state index is -0.195. The summed E-state index contributed by atoms with van der Waals surface area (Å²) in [6, 6.07) is 5.16. The van der Waals surface area contributed by atoms with Crippen molar-refractivity contribution < 1.29 is 4.79 Å². The fraction of sp³-hybridized carbons (Fsp3) is 0.100. The lowest BCUT2D eigenvalue weighted by atomic mass is 10.2. The summed E-state index contributed by atoms with van der Waals surface area (Å²) >= 11 is 8.05. The van der Waals surface area contributed by atoms with E-state index in [9.17, 15) is 4.79 Å². The maximum absolute atomic E-state index is 11.8. The molecule has 7 heteroatoms. The van der Waals surface area contributed by atoms with Gasteiger partial charge in [0.05, 0.1) is 11.6 Å². The first-order valence-electron chi connectivity index (χ1n) is 4.74. The van der Waals surface area contributed by atoms with Crippen molar-refractivity contribution >= 4 is 40.1 Å². The van der Waals surface area contributed by atoms with Gasteiger partial charge in [-0.1, -0.05) is 11.6 Å². The molecule has 0 aliphatic rings. The zero-order valence-electron chi connectivity index (χ0n) is 8.58. The summed E-state index contributed by atoms with van der Waals surface area (Å²) in [5, 5.41) is 9.63. The summed E-state index contributed by atoms with van der Waals surface area (Å²) in [7, 11) is 0. The second-order valence-corrected chi connectivity index (χ2v) is 4.81. The van der Waals surface area contributed by atoms with E-state index in [4.69, 9.17) is 11.6 Å². The minimum absolute atomic E-state index is 0.195. The van der Waals surface area contributed by atoms with Crippen molar-refractivity contribution in [3.8, 4) is 0 Å². The van der Waals surface area contributed by atoms with Gasteiger partial charge in [-0.3, -0.25) is 9.89 Å². The minimum Gasteiger partial charge on any atom is -0.345 e.